The molecule has 2 atom stereocenters. The molecular formula is C31H46N4O3. The number of amides is 3. The quantitative estimate of drug-likeness (QED) is 0.269. The van der Waals surface area contributed by atoms with E-state index in [1.165, 1.54) is 0 Å². The van der Waals surface area contributed by atoms with Gasteiger partial charge in [0.15, 0.2) is 0 Å². The molecule has 1 aliphatic heterocycles. The zero-order valence-corrected chi connectivity index (χ0v) is 23.6. The van der Waals surface area contributed by atoms with Crippen LogP contribution >= 0.6 is 0 Å². The Morgan fingerprint density at radius 3 is 2.50 bits per heavy atom. The van der Waals surface area contributed by atoms with Crippen LogP contribution in [0.5, 0.6) is 0 Å². The van der Waals surface area contributed by atoms with Gasteiger partial charge in [-0.3, -0.25) is 14.4 Å². The maximum atomic E-state index is 13.6. The Labute approximate surface area is 228 Å². The van der Waals surface area contributed by atoms with Crippen molar-refractivity contribution in [3.8, 4) is 0 Å². The van der Waals surface area contributed by atoms with Crippen LogP contribution in [0.3, 0.4) is 0 Å². The summed E-state index contributed by atoms with van der Waals surface area (Å²) in [6.07, 6.45) is 4.63. The molecule has 0 aliphatic carbocycles. The number of carbonyl (C=O) groups is 3. The van der Waals surface area contributed by atoms with Crippen LogP contribution < -0.4 is 10.6 Å². The number of benzene rings is 2. The van der Waals surface area contributed by atoms with Gasteiger partial charge in [-0.15, -0.1) is 0 Å². The maximum absolute atomic E-state index is 13.6. The van der Waals surface area contributed by atoms with Crippen LogP contribution in [-0.4, -0.2) is 66.4 Å². The third-order valence-corrected chi connectivity index (χ3v) is 7.59. The molecule has 0 aromatic heterocycles. The molecule has 0 spiro atoms. The van der Waals surface area contributed by atoms with Crippen LogP contribution in [0.4, 0.5) is 0 Å². The molecule has 0 saturated carbocycles. The van der Waals surface area contributed by atoms with E-state index in [4.69, 9.17) is 0 Å². The molecule has 1 heterocycles. The molecule has 2 aromatic rings. The number of hydrogen-bond donors (Lipinski definition) is 2. The van der Waals surface area contributed by atoms with E-state index in [2.05, 4.69) is 48.7 Å². The summed E-state index contributed by atoms with van der Waals surface area (Å²) < 4.78 is 0. The zero-order valence-electron chi connectivity index (χ0n) is 23.6. The second-order valence-corrected chi connectivity index (χ2v) is 10.9. The van der Waals surface area contributed by atoms with Gasteiger partial charge in [0, 0.05) is 25.4 Å². The summed E-state index contributed by atoms with van der Waals surface area (Å²) >= 11 is 0. The summed E-state index contributed by atoms with van der Waals surface area (Å²) in [7, 11) is 0. The Bertz CT molecular complexity index is 1050. The SMILES string of the molecule is CCC(CC)C(=O)N1CCCC1N(C=O)[C@H](Cc1ccc2ccccc2c1)C(=O)NCCCNCC(C)C. The number of nitrogens with zero attached hydrogens (tertiary/aromatic N) is 2. The van der Waals surface area contributed by atoms with Gasteiger partial charge in [0.05, 0.1) is 0 Å². The number of hydrogen-bond acceptors (Lipinski definition) is 4. The van der Waals surface area contributed by atoms with E-state index in [0.29, 0.717) is 31.8 Å². The monoisotopic (exact) mass is 522 g/mol. The molecule has 0 radical (unpaired) electrons. The molecule has 2 aromatic carbocycles. The van der Waals surface area contributed by atoms with Gasteiger partial charge in [0.1, 0.15) is 12.2 Å². The van der Waals surface area contributed by atoms with Crippen LogP contribution in [0.1, 0.15) is 65.4 Å². The lowest BCUT2D eigenvalue weighted by molar-refractivity contribution is -0.147. The summed E-state index contributed by atoms with van der Waals surface area (Å²) in [4.78, 5) is 43.0. The minimum absolute atomic E-state index is 0.0600. The van der Waals surface area contributed by atoms with Crippen molar-refractivity contribution in [1.82, 2.24) is 20.4 Å². The average Bonchev–Trinajstić information content (AvgIpc) is 3.40. The average molecular weight is 523 g/mol. The minimum atomic E-state index is -0.697. The Balaban J connectivity index is 1.80. The molecule has 208 valence electrons. The first-order valence-electron chi connectivity index (χ1n) is 14.4. The van der Waals surface area contributed by atoms with Gasteiger partial charge in [0.2, 0.25) is 18.2 Å². The van der Waals surface area contributed by atoms with Gasteiger partial charge in [-0.05, 0) is 67.4 Å². The first-order chi connectivity index (χ1) is 18.4. The predicted octanol–water partition coefficient (Wildman–Crippen LogP) is 4.35. The highest BCUT2D eigenvalue weighted by atomic mass is 16.2. The fraction of sp³-hybridized carbons (Fsp3) is 0.581. The van der Waals surface area contributed by atoms with Crippen LogP contribution in [0.2, 0.25) is 0 Å². The molecule has 7 heteroatoms. The summed E-state index contributed by atoms with van der Waals surface area (Å²) in [5, 5.41) is 8.71. The van der Waals surface area contributed by atoms with Gasteiger partial charge >= 0.3 is 0 Å². The molecule has 1 fully saturated rings. The van der Waals surface area contributed by atoms with Gasteiger partial charge in [0.25, 0.3) is 0 Å². The second-order valence-electron chi connectivity index (χ2n) is 10.9. The summed E-state index contributed by atoms with van der Waals surface area (Å²) in [5.74, 6) is 0.436. The molecule has 38 heavy (non-hydrogen) atoms. The third kappa shape index (κ3) is 7.79. The van der Waals surface area contributed by atoms with E-state index >= 15 is 0 Å². The number of fused-ring (bicyclic) bond motifs is 1. The lowest BCUT2D eigenvalue weighted by atomic mass is 9.99. The van der Waals surface area contributed by atoms with E-state index in [-0.39, 0.29) is 17.7 Å². The molecule has 1 aliphatic rings. The van der Waals surface area contributed by atoms with E-state index < -0.39 is 12.2 Å². The van der Waals surface area contributed by atoms with E-state index in [0.717, 1.165) is 61.5 Å². The largest absolute Gasteiger partial charge is 0.354 e. The van der Waals surface area contributed by atoms with Crippen molar-refractivity contribution in [2.45, 2.75) is 78.4 Å². The normalized spacial score (nSPS) is 16.3. The fourth-order valence-electron chi connectivity index (χ4n) is 5.40. The maximum Gasteiger partial charge on any atom is 0.243 e. The molecule has 2 N–H and O–H groups in total. The van der Waals surface area contributed by atoms with Crippen molar-refractivity contribution < 1.29 is 14.4 Å². The highest BCUT2D eigenvalue weighted by Crippen LogP contribution is 2.27. The van der Waals surface area contributed by atoms with Gasteiger partial charge < -0.3 is 20.4 Å². The van der Waals surface area contributed by atoms with Crippen molar-refractivity contribution in [2.24, 2.45) is 11.8 Å². The molecule has 1 saturated heterocycles. The van der Waals surface area contributed by atoms with E-state index in [1.54, 1.807) is 4.90 Å². The third-order valence-electron chi connectivity index (χ3n) is 7.59. The topological polar surface area (TPSA) is 81.8 Å². The van der Waals surface area contributed by atoms with Crippen LogP contribution in [0.25, 0.3) is 10.8 Å². The van der Waals surface area contributed by atoms with Crippen molar-refractivity contribution in [3.05, 3.63) is 48.0 Å². The van der Waals surface area contributed by atoms with Crippen molar-refractivity contribution >= 4 is 29.0 Å². The summed E-state index contributed by atoms with van der Waals surface area (Å²) in [5.41, 5.74) is 0.991. The molecule has 3 amide bonds. The Kier molecular flexibility index (Phi) is 11.6. The predicted molar refractivity (Wildman–Crippen MR) is 153 cm³/mol. The first-order valence-corrected chi connectivity index (χ1v) is 14.4. The van der Waals surface area contributed by atoms with Gasteiger partial charge in [-0.2, -0.15) is 0 Å². The summed E-state index contributed by atoms with van der Waals surface area (Å²) in [6.45, 7) is 11.3. The number of nitrogens with one attached hydrogen (secondary N) is 2. The Hall–Kier alpha value is -2.93. The van der Waals surface area contributed by atoms with Crippen LogP contribution in [-0.2, 0) is 20.8 Å². The van der Waals surface area contributed by atoms with Crippen LogP contribution in [0.15, 0.2) is 42.5 Å². The van der Waals surface area contributed by atoms with Gasteiger partial charge in [-0.25, -0.2) is 0 Å². The highest BCUT2D eigenvalue weighted by Gasteiger charge is 2.39. The highest BCUT2D eigenvalue weighted by molar-refractivity contribution is 5.86. The smallest absolute Gasteiger partial charge is 0.243 e. The zero-order chi connectivity index (χ0) is 27.5. The van der Waals surface area contributed by atoms with Crippen molar-refractivity contribution in [3.63, 3.8) is 0 Å². The summed E-state index contributed by atoms with van der Waals surface area (Å²) in [6, 6.07) is 13.6. The van der Waals surface area contributed by atoms with Crippen LogP contribution in [0, 0.1) is 11.8 Å². The Morgan fingerprint density at radius 1 is 1.08 bits per heavy atom. The number of carbonyl (C=O) groups excluding carboxylic acids is 3. The minimum Gasteiger partial charge on any atom is -0.354 e. The van der Waals surface area contributed by atoms with Gasteiger partial charge in [-0.1, -0.05) is 70.2 Å². The molecule has 7 nitrogen and oxygen atoms in total. The fourth-order valence-corrected chi connectivity index (χ4v) is 5.40. The number of rotatable bonds is 15. The lowest BCUT2D eigenvalue weighted by Gasteiger charge is -2.38. The first kappa shape index (κ1) is 29.6. The van der Waals surface area contributed by atoms with Crippen molar-refractivity contribution in [2.75, 3.05) is 26.2 Å². The number of likely N-dealkylation sites (tertiary alicyclic amines) is 1. The standard InChI is InChI=1S/C31H46N4O3/c1-5-25(6-2)31(38)34-18-9-13-29(34)35(22-36)28(30(37)33-17-10-16-32-21-23(3)4)20-24-14-15-26-11-7-8-12-27(26)19-24/h7-8,11-12,14-15,19,22-23,25,28-29,32H,5-6,9-10,13,16-18,20-21H2,1-4H3,(H,33,37)/t28-,29?/m1/s1. The van der Waals surface area contributed by atoms with Crippen molar-refractivity contribution in [1.29, 1.82) is 0 Å². The molecule has 1 unspecified atom stereocenters. The molecule has 0 bridgehead atoms. The van der Waals surface area contributed by atoms with E-state index in [9.17, 15) is 14.4 Å². The molecule has 3 rings (SSSR count). The Morgan fingerprint density at radius 2 is 1.82 bits per heavy atom. The second kappa shape index (κ2) is 14.9. The molecular weight excluding hydrogens is 476 g/mol. The lowest BCUT2D eigenvalue weighted by Crippen LogP contribution is -2.57. The van der Waals surface area contributed by atoms with E-state index in [1.807, 2.05) is 36.9 Å².